The number of anilines is 1. The largest absolute Gasteiger partial charge is 0.325 e. The van der Waals surface area contributed by atoms with Gasteiger partial charge in [-0.1, -0.05) is 11.6 Å². The van der Waals surface area contributed by atoms with Gasteiger partial charge in [0.15, 0.2) is 0 Å². The highest BCUT2D eigenvalue weighted by Gasteiger charge is 2.14. The van der Waals surface area contributed by atoms with Crippen LogP contribution in [0.25, 0.3) is 0 Å². The topological polar surface area (TPSA) is 111 Å². The Kier molecular flexibility index (Phi) is 4.46. The van der Waals surface area contributed by atoms with Gasteiger partial charge in [0, 0.05) is 30.1 Å². The molecule has 1 amide bonds. The van der Waals surface area contributed by atoms with Crippen molar-refractivity contribution in [3.8, 4) is 0 Å². The Morgan fingerprint density at radius 3 is 2.76 bits per heavy atom. The number of carbonyl (C=O) groups excluding carboxylic acids is 1. The predicted octanol–water partition coefficient (Wildman–Crippen LogP) is 2.35. The smallest absolute Gasteiger partial charge is 0.288 e. The zero-order valence-electron chi connectivity index (χ0n) is 10.7. The number of halogens is 1. The molecule has 0 fully saturated rings. The molecule has 0 unspecified atom stereocenters. The summed E-state index contributed by atoms with van der Waals surface area (Å²) in [6.07, 6.45) is 1.49. The molecule has 2 aromatic rings. The van der Waals surface area contributed by atoms with Crippen molar-refractivity contribution in [1.29, 1.82) is 0 Å². The summed E-state index contributed by atoms with van der Waals surface area (Å²) in [5, 5.41) is 13.2. The highest BCUT2D eigenvalue weighted by Crippen LogP contribution is 2.27. The van der Waals surface area contributed by atoms with Crippen molar-refractivity contribution in [2.24, 2.45) is 5.73 Å². The number of hydrogen-bond acceptors (Lipinski definition) is 5. The van der Waals surface area contributed by atoms with Gasteiger partial charge < -0.3 is 11.1 Å². The van der Waals surface area contributed by atoms with Gasteiger partial charge in [-0.2, -0.15) is 0 Å². The molecular formula is C13H11ClN4O3. The molecule has 3 N–H and O–H groups in total. The molecule has 7 nitrogen and oxygen atoms in total. The molecule has 0 aliphatic carbocycles. The maximum atomic E-state index is 12.1. The molecule has 108 valence electrons. The van der Waals surface area contributed by atoms with Gasteiger partial charge in [0.25, 0.3) is 11.6 Å². The van der Waals surface area contributed by atoms with Crippen LogP contribution in [0.15, 0.2) is 36.5 Å². The molecule has 0 radical (unpaired) electrons. The Morgan fingerprint density at radius 1 is 1.38 bits per heavy atom. The summed E-state index contributed by atoms with van der Waals surface area (Å²) in [4.78, 5) is 26.1. The predicted molar refractivity (Wildman–Crippen MR) is 78.2 cm³/mol. The van der Waals surface area contributed by atoms with E-state index in [1.807, 2.05) is 0 Å². The Hall–Kier alpha value is -2.51. The zero-order valence-corrected chi connectivity index (χ0v) is 11.5. The normalized spacial score (nSPS) is 10.2. The van der Waals surface area contributed by atoms with Crippen LogP contribution < -0.4 is 11.1 Å². The van der Waals surface area contributed by atoms with Crippen LogP contribution in [0, 0.1) is 10.1 Å². The number of benzene rings is 1. The molecule has 0 spiro atoms. The van der Waals surface area contributed by atoms with E-state index in [1.165, 1.54) is 24.4 Å². The van der Waals surface area contributed by atoms with Crippen LogP contribution >= 0.6 is 11.6 Å². The Bertz CT molecular complexity index is 706. The number of nitro benzene ring substituents is 1. The number of nitrogens with zero attached hydrogens (tertiary/aromatic N) is 2. The van der Waals surface area contributed by atoms with Crippen LogP contribution in [-0.4, -0.2) is 15.8 Å². The van der Waals surface area contributed by atoms with E-state index < -0.39 is 4.92 Å². The number of rotatable bonds is 4. The van der Waals surface area contributed by atoms with Crippen molar-refractivity contribution in [3.05, 3.63) is 62.9 Å². The van der Waals surface area contributed by atoms with Crippen molar-refractivity contribution >= 4 is 28.9 Å². The number of hydrogen-bond donors (Lipinski definition) is 2. The molecule has 0 saturated carbocycles. The second-order valence-electron chi connectivity index (χ2n) is 4.12. The first-order chi connectivity index (χ1) is 10.0. The SMILES string of the molecule is NCc1cc(C(=O)Nc2ccc([N+](=O)[O-])c(Cl)c2)ccn1. The minimum atomic E-state index is -0.593. The summed E-state index contributed by atoms with van der Waals surface area (Å²) in [6.45, 7) is 0.227. The van der Waals surface area contributed by atoms with Gasteiger partial charge in [0.2, 0.25) is 0 Å². The van der Waals surface area contributed by atoms with Crippen LogP contribution in [0.5, 0.6) is 0 Å². The fraction of sp³-hybridized carbons (Fsp3) is 0.0769. The number of carbonyl (C=O) groups is 1. The van der Waals surface area contributed by atoms with Crippen molar-refractivity contribution in [3.63, 3.8) is 0 Å². The average Bonchev–Trinajstić information content (AvgIpc) is 2.47. The van der Waals surface area contributed by atoms with E-state index in [9.17, 15) is 14.9 Å². The van der Waals surface area contributed by atoms with Gasteiger partial charge in [0.05, 0.1) is 10.6 Å². The van der Waals surface area contributed by atoms with Crippen molar-refractivity contribution in [1.82, 2.24) is 4.98 Å². The molecule has 21 heavy (non-hydrogen) atoms. The van der Waals surface area contributed by atoms with Crippen LogP contribution in [0.4, 0.5) is 11.4 Å². The lowest BCUT2D eigenvalue weighted by molar-refractivity contribution is -0.384. The summed E-state index contributed by atoms with van der Waals surface area (Å²) in [7, 11) is 0. The number of amides is 1. The highest BCUT2D eigenvalue weighted by atomic mass is 35.5. The van der Waals surface area contributed by atoms with E-state index in [0.717, 1.165) is 0 Å². The molecule has 0 aliphatic heterocycles. The minimum Gasteiger partial charge on any atom is -0.325 e. The minimum absolute atomic E-state index is 0.0461. The van der Waals surface area contributed by atoms with E-state index in [1.54, 1.807) is 12.1 Å². The molecule has 1 aromatic carbocycles. The standard InChI is InChI=1S/C13H11ClN4O3/c14-11-6-9(1-2-12(11)18(20)21)17-13(19)8-3-4-16-10(5-8)7-15/h1-6H,7,15H2,(H,17,19). The number of aromatic nitrogens is 1. The first kappa shape index (κ1) is 14.9. The summed E-state index contributed by atoms with van der Waals surface area (Å²) in [6, 6.07) is 7.08. The summed E-state index contributed by atoms with van der Waals surface area (Å²) < 4.78 is 0. The van der Waals surface area contributed by atoms with Crippen LogP contribution in [0.1, 0.15) is 16.1 Å². The third-order valence-electron chi connectivity index (χ3n) is 2.69. The lowest BCUT2D eigenvalue weighted by Crippen LogP contribution is -2.13. The van der Waals surface area contributed by atoms with Crippen molar-refractivity contribution in [2.45, 2.75) is 6.54 Å². The van der Waals surface area contributed by atoms with E-state index in [0.29, 0.717) is 16.9 Å². The number of pyridine rings is 1. The Balaban J connectivity index is 2.19. The Morgan fingerprint density at radius 2 is 2.14 bits per heavy atom. The summed E-state index contributed by atoms with van der Waals surface area (Å²) in [5.41, 5.74) is 6.58. The second kappa shape index (κ2) is 6.29. The third-order valence-corrected chi connectivity index (χ3v) is 2.99. The third kappa shape index (κ3) is 3.53. The lowest BCUT2D eigenvalue weighted by Gasteiger charge is -2.06. The highest BCUT2D eigenvalue weighted by molar-refractivity contribution is 6.33. The molecular weight excluding hydrogens is 296 g/mol. The molecule has 0 bridgehead atoms. The first-order valence-corrected chi connectivity index (χ1v) is 6.29. The van der Waals surface area contributed by atoms with Gasteiger partial charge in [-0.25, -0.2) is 0 Å². The van der Waals surface area contributed by atoms with E-state index in [4.69, 9.17) is 17.3 Å². The monoisotopic (exact) mass is 306 g/mol. The fourth-order valence-corrected chi connectivity index (χ4v) is 1.92. The van der Waals surface area contributed by atoms with Crippen LogP contribution in [0.3, 0.4) is 0 Å². The molecule has 1 aromatic heterocycles. The molecule has 8 heteroatoms. The number of nitro groups is 1. The van der Waals surface area contributed by atoms with Crippen LogP contribution in [0.2, 0.25) is 5.02 Å². The van der Waals surface area contributed by atoms with Gasteiger partial charge in [-0.05, 0) is 24.3 Å². The summed E-state index contributed by atoms with van der Waals surface area (Å²) >= 11 is 5.78. The maximum Gasteiger partial charge on any atom is 0.288 e. The van der Waals surface area contributed by atoms with Gasteiger partial charge in [0.1, 0.15) is 5.02 Å². The molecule has 0 saturated heterocycles. The van der Waals surface area contributed by atoms with Crippen LogP contribution in [-0.2, 0) is 6.54 Å². The molecule has 1 heterocycles. The first-order valence-electron chi connectivity index (χ1n) is 5.91. The van der Waals surface area contributed by atoms with E-state index in [2.05, 4.69) is 10.3 Å². The van der Waals surface area contributed by atoms with E-state index >= 15 is 0 Å². The zero-order chi connectivity index (χ0) is 15.4. The number of nitrogens with one attached hydrogen (secondary N) is 1. The Labute approximate surface area is 124 Å². The molecule has 2 rings (SSSR count). The van der Waals surface area contributed by atoms with Crippen molar-refractivity contribution < 1.29 is 9.72 Å². The van der Waals surface area contributed by atoms with E-state index in [-0.39, 0.29) is 23.2 Å². The second-order valence-corrected chi connectivity index (χ2v) is 4.52. The summed E-state index contributed by atoms with van der Waals surface area (Å²) in [5.74, 6) is -0.378. The van der Waals surface area contributed by atoms with Gasteiger partial charge in [-0.15, -0.1) is 0 Å². The van der Waals surface area contributed by atoms with Gasteiger partial charge >= 0.3 is 0 Å². The van der Waals surface area contributed by atoms with Gasteiger partial charge in [-0.3, -0.25) is 19.9 Å². The number of nitrogens with two attached hydrogens (primary N) is 1. The lowest BCUT2D eigenvalue weighted by atomic mass is 10.2. The molecule has 0 aliphatic rings. The van der Waals surface area contributed by atoms with Crippen molar-refractivity contribution in [2.75, 3.05) is 5.32 Å². The fourth-order valence-electron chi connectivity index (χ4n) is 1.67. The molecule has 0 atom stereocenters. The average molecular weight is 307 g/mol. The maximum absolute atomic E-state index is 12.1. The quantitative estimate of drug-likeness (QED) is 0.665.